The Morgan fingerprint density at radius 3 is 2.11 bits per heavy atom. The van der Waals surface area contributed by atoms with E-state index < -0.39 is 40.9 Å². The first kappa shape index (κ1) is 14.9. The molecule has 0 spiro atoms. The van der Waals surface area contributed by atoms with Crippen molar-refractivity contribution >= 4 is 5.97 Å². The molecule has 1 heterocycles. The predicted molar refractivity (Wildman–Crippen MR) is 45.7 cm³/mol. The Hall–Kier alpha value is -2.20. The van der Waals surface area contributed by atoms with Gasteiger partial charge in [0.15, 0.2) is 5.75 Å². The Kier molecular flexibility index (Phi) is 3.50. The third-order valence-electron chi connectivity index (χ3n) is 1.78. The third kappa shape index (κ3) is 3.39. The molecule has 11 heteroatoms. The molecule has 0 aliphatic rings. The Labute approximate surface area is 99.0 Å². The van der Waals surface area contributed by atoms with Gasteiger partial charge in [-0.15, -0.1) is 13.2 Å². The van der Waals surface area contributed by atoms with Crippen molar-refractivity contribution in [2.75, 3.05) is 0 Å². The summed E-state index contributed by atoms with van der Waals surface area (Å²) in [7, 11) is 0. The predicted octanol–water partition coefficient (Wildman–Crippen LogP) is 1.99. The molecule has 0 amide bonds. The lowest BCUT2D eigenvalue weighted by atomic mass is 10.1. The van der Waals surface area contributed by atoms with E-state index in [0.29, 0.717) is 0 Å². The van der Waals surface area contributed by atoms with Gasteiger partial charge in [0.25, 0.3) is 5.56 Å². The van der Waals surface area contributed by atoms with Gasteiger partial charge in [-0.05, 0) is 0 Å². The van der Waals surface area contributed by atoms with Crippen LogP contribution in [0.25, 0.3) is 0 Å². The molecule has 1 aromatic rings. The van der Waals surface area contributed by atoms with E-state index in [1.54, 1.807) is 0 Å². The Balaban J connectivity index is 3.60. The number of nitrogens with one attached hydrogen (secondary N) is 1. The van der Waals surface area contributed by atoms with Crippen molar-refractivity contribution in [3.8, 4) is 5.75 Å². The van der Waals surface area contributed by atoms with Crippen molar-refractivity contribution in [3.63, 3.8) is 0 Å². The Morgan fingerprint density at radius 2 is 1.74 bits per heavy atom. The molecule has 0 saturated heterocycles. The standard InChI is InChI=1S/C8H3F6NO4/c9-7(10,11)4-3(6(17)18)2(1-15-5(4)16)19-8(12,13)14/h1H,(H,15,16)(H,17,18). The molecule has 19 heavy (non-hydrogen) atoms. The molecule has 1 rings (SSSR count). The van der Waals surface area contributed by atoms with Crippen LogP contribution in [0.15, 0.2) is 11.0 Å². The zero-order valence-electron chi connectivity index (χ0n) is 8.52. The summed E-state index contributed by atoms with van der Waals surface area (Å²) in [6, 6.07) is 0. The fourth-order valence-corrected chi connectivity index (χ4v) is 1.20. The third-order valence-corrected chi connectivity index (χ3v) is 1.78. The lowest BCUT2D eigenvalue weighted by Gasteiger charge is -2.14. The highest BCUT2D eigenvalue weighted by molar-refractivity contribution is 5.92. The van der Waals surface area contributed by atoms with E-state index >= 15 is 0 Å². The maximum Gasteiger partial charge on any atom is 0.573 e. The largest absolute Gasteiger partial charge is 0.573 e. The number of ether oxygens (including phenoxy) is 1. The van der Waals surface area contributed by atoms with Gasteiger partial charge in [-0.25, -0.2) is 4.79 Å². The van der Waals surface area contributed by atoms with Crippen molar-refractivity contribution in [2.24, 2.45) is 0 Å². The minimum Gasteiger partial charge on any atom is -0.478 e. The lowest BCUT2D eigenvalue weighted by molar-refractivity contribution is -0.275. The van der Waals surface area contributed by atoms with Crippen molar-refractivity contribution in [1.82, 2.24) is 4.98 Å². The van der Waals surface area contributed by atoms with Crippen LogP contribution in [-0.2, 0) is 6.18 Å². The van der Waals surface area contributed by atoms with E-state index in [0.717, 1.165) is 0 Å². The van der Waals surface area contributed by atoms with Gasteiger partial charge in [0.1, 0.15) is 11.1 Å². The van der Waals surface area contributed by atoms with Crippen LogP contribution in [0.2, 0.25) is 0 Å². The zero-order chi connectivity index (χ0) is 15.0. The van der Waals surface area contributed by atoms with E-state index in [2.05, 4.69) is 4.74 Å². The van der Waals surface area contributed by atoms with Gasteiger partial charge in [0, 0.05) is 6.20 Å². The molecule has 5 nitrogen and oxygen atoms in total. The molecule has 0 unspecified atom stereocenters. The summed E-state index contributed by atoms with van der Waals surface area (Å²) < 4.78 is 76.3. The molecule has 106 valence electrons. The van der Waals surface area contributed by atoms with Crippen LogP contribution >= 0.6 is 0 Å². The van der Waals surface area contributed by atoms with Gasteiger partial charge >= 0.3 is 18.5 Å². The Morgan fingerprint density at radius 1 is 1.21 bits per heavy atom. The van der Waals surface area contributed by atoms with E-state index in [4.69, 9.17) is 5.11 Å². The van der Waals surface area contributed by atoms with Crippen molar-refractivity contribution in [2.45, 2.75) is 12.5 Å². The molecule has 0 aliphatic carbocycles. The minimum absolute atomic E-state index is 0.0918. The normalized spacial score (nSPS) is 12.3. The molecular weight excluding hydrogens is 288 g/mol. The number of pyridine rings is 1. The monoisotopic (exact) mass is 291 g/mol. The van der Waals surface area contributed by atoms with E-state index in [-0.39, 0.29) is 6.20 Å². The highest BCUT2D eigenvalue weighted by atomic mass is 19.4. The maximum absolute atomic E-state index is 12.5. The second kappa shape index (κ2) is 4.48. The van der Waals surface area contributed by atoms with Gasteiger partial charge < -0.3 is 14.8 Å². The molecule has 0 bridgehead atoms. The molecule has 0 aromatic carbocycles. The lowest BCUT2D eigenvalue weighted by Crippen LogP contribution is -2.28. The summed E-state index contributed by atoms with van der Waals surface area (Å²) >= 11 is 0. The van der Waals surface area contributed by atoms with Gasteiger partial charge in [-0.3, -0.25) is 4.79 Å². The van der Waals surface area contributed by atoms with E-state index in [9.17, 15) is 35.9 Å². The average molecular weight is 291 g/mol. The van der Waals surface area contributed by atoms with Crippen LogP contribution in [-0.4, -0.2) is 22.4 Å². The maximum atomic E-state index is 12.5. The molecule has 0 saturated carbocycles. The van der Waals surface area contributed by atoms with Crippen LogP contribution in [0.5, 0.6) is 5.75 Å². The van der Waals surface area contributed by atoms with Crippen LogP contribution in [0, 0.1) is 0 Å². The second-order valence-electron chi connectivity index (χ2n) is 3.08. The molecule has 2 N–H and O–H groups in total. The smallest absolute Gasteiger partial charge is 0.478 e. The zero-order valence-corrected chi connectivity index (χ0v) is 8.52. The number of aromatic carboxylic acids is 1. The number of carbonyl (C=O) groups is 1. The number of carboxylic acid groups (broad SMARTS) is 1. The van der Waals surface area contributed by atoms with Crippen LogP contribution < -0.4 is 10.3 Å². The van der Waals surface area contributed by atoms with Gasteiger partial charge in [0.05, 0.1) is 0 Å². The minimum atomic E-state index is -5.45. The second-order valence-corrected chi connectivity index (χ2v) is 3.08. The summed E-state index contributed by atoms with van der Waals surface area (Å²) in [5, 5.41) is 8.53. The number of halogens is 6. The molecular formula is C8H3F6NO4. The van der Waals surface area contributed by atoms with E-state index in [1.807, 2.05) is 0 Å². The fraction of sp³-hybridized carbons (Fsp3) is 0.250. The summed E-state index contributed by atoms with van der Waals surface area (Å²) in [4.78, 5) is 22.9. The molecule has 1 aromatic heterocycles. The molecule has 0 atom stereocenters. The number of carboxylic acids is 1. The first-order valence-electron chi connectivity index (χ1n) is 4.25. The van der Waals surface area contributed by atoms with Crippen LogP contribution in [0.3, 0.4) is 0 Å². The number of aromatic amines is 1. The number of rotatable bonds is 2. The van der Waals surface area contributed by atoms with E-state index in [1.165, 1.54) is 4.98 Å². The van der Waals surface area contributed by atoms with Gasteiger partial charge in [0.2, 0.25) is 0 Å². The number of alkyl halides is 6. The van der Waals surface area contributed by atoms with Crippen molar-refractivity contribution < 1.29 is 41.0 Å². The van der Waals surface area contributed by atoms with Crippen LogP contribution in [0.4, 0.5) is 26.3 Å². The summed E-state index contributed by atoms with van der Waals surface area (Å²) in [5.41, 5.74) is -6.07. The number of hydrogen-bond donors (Lipinski definition) is 2. The SMILES string of the molecule is O=C(O)c1c(OC(F)(F)F)c[nH]c(=O)c1C(F)(F)F. The quantitative estimate of drug-likeness (QED) is 0.817. The van der Waals surface area contributed by atoms with Crippen LogP contribution in [0.1, 0.15) is 15.9 Å². The van der Waals surface area contributed by atoms with Crippen molar-refractivity contribution in [1.29, 1.82) is 0 Å². The average Bonchev–Trinajstić information content (AvgIpc) is 2.15. The molecule has 0 radical (unpaired) electrons. The Bertz CT molecular complexity index is 558. The molecule has 0 fully saturated rings. The number of H-pyrrole nitrogens is 1. The van der Waals surface area contributed by atoms with Gasteiger partial charge in [-0.1, -0.05) is 0 Å². The summed E-state index contributed by atoms with van der Waals surface area (Å²) in [6.45, 7) is 0. The summed E-state index contributed by atoms with van der Waals surface area (Å²) in [6.07, 6.45) is -10.8. The van der Waals surface area contributed by atoms with Crippen molar-refractivity contribution in [3.05, 3.63) is 27.7 Å². The first-order valence-corrected chi connectivity index (χ1v) is 4.25. The fourth-order valence-electron chi connectivity index (χ4n) is 1.20. The van der Waals surface area contributed by atoms with Gasteiger partial charge in [-0.2, -0.15) is 13.2 Å². The summed E-state index contributed by atoms with van der Waals surface area (Å²) in [5.74, 6) is -4.04. The topological polar surface area (TPSA) is 79.4 Å². The number of aromatic nitrogens is 1. The number of hydrogen-bond acceptors (Lipinski definition) is 3. The molecule has 0 aliphatic heterocycles. The highest BCUT2D eigenvalue weighted by Gasteiger charge is 2.42. The highest BCUT2D eigenvalue weighted by Crippen LogP contribution is 2.34. The first-order chi connectivity index (χ1) is 8.43.